The number of nitrogens with zero attached hydrogens (tertiary/aromatic N) is 2. The number of ether oxygens (including phenoxy) is 1. The van der Waals surface area contributed by atoms with E-state index in [0.29, 0.717) is 6.07 Å². The van der Waals surface area contributed by atoms with Crippen molar-refractivity contribution >= 4 is 11.4 Å². The molecule has 0 aliphatic carbocycles. The van der Waals surface area contributed by atoms with Crippen LogP contribution < -0.4 is 0 Å². The highest BCUT2D eigenvalue weighted by atomic mass is 19.4. The summed E-state index contributed by atoms with van der Waals surface area (Å²) >= 11 is 0. The number of rotatable bonds is 9. The Morgan fingerprint density at radius 3 is 1.62 bits per heavy atom. The molecule has 0 saturated carbocycles. The quantitative estimate of drug-likeness (QED) is 0.234. The van der Waals surface area contributed by atoms with Crippen LogP contribution in [0.25, 0.3) is 0 Å². The molecule has 0 aromatic heterocycles. The van der Waals surface area contributed by atoms with Gasteiger partial charge in [0.15, 0.2) is 0 Å². The Morgan fingerprint density at radius 2 is 1.24 bits per heavy atom. The molecule has 16 heteroatoms. The number of halogens is 9. The molecule has 0 spiro atoms. The maximum Gasteiger partial charge on any atom is 0.460 e. The summed E-state index contributed by atoms with van der Waals surface area (Å²) < 4.78 is 119. The van der Waals surface area contributed by atoms with Crippen LogP contribution >= 0.6 is 0 Å². The number of nitro groups is 2. The monoisotopic (exact) mass is 444 g/mol. The van der Waals surface area contributed by atoms with E-state index in [0.717, 1.165) is 12.1 Å². The van der Waals surface area contributed by atoms with E-state index in [1.807, 2.05) is 0 Å². The average Bonchev–Trinajstić information content (AvgIpc) is 2.57. The Hall–Kier alpha value is -2.65. The molecule has 0 fully saturated rings. The minimum atomic E-state index is -7.02. The molecule has 1 aromatic rings. The zero-order valence-corrected chi connectivity index (χ0v) is 13.7. The van der Waals surface area contributed by atoms with Gasteiger partial charge in [-0.2, -0.15) is 39.5 Å². The van der Waals surface area contributed by atoms with Gasteiger partial charge in [0, 0.05) is 18.6 Å². The molecule has 1 aromatic carbocycles. The van der Waals surface area contributed by atoms with Crippen molar-refractivity contribution in [1.82, 2.24) is 0 Å². The van der Waals surface area contributed by atoms with Crippen LogP contribution in [0.1, 0.15) is 12.0 Å². The van der Waals surface area contributed by atoms with Crippen molar-refractivity contribution in [3.63, 3.8) is 0 Å². The standard InChI is InChI=1S/C13H9F9N2O5/c14-10(15,11(16,17)12(18,19)13(20,21)22)1-2-29-6-7-3-8(23(25)26)5-9(4-7)24(27)28/h3-5H,1-2,6H2. The number of benzene rings is 1. The highest BCUT2D eigenvalue weighted by Gasteiger charge is 2.81. The van der Waals surface area contributed by atoms with Crippen LogP contribution in [0, 0.1) is 20.2 Å². The van der Waals surface area contributed by atoms with Gasteiger partial charge < -0.3 is 4.74 Å². The number of nitro benzene ring substituents is 2. The number of hydrogen-bond acceptors (Lipinski definition) is 5. The van der Waals surface area contributed by atoms with Crippen molar-refractivity contribution in [2.45, 2.75) is 37.0 Å². The van der Waals surface area contributed by atoms with E-state index in [4.69, 9.17) is 0 Å². The molecule has 0 amide bonds. The maximum atomic E-state index is 13.3. The Kier molecular flexibility index (Phi) is 6.73. The fourth-order valence-electron chi connectivity index (χ4n) is 1.91. The lowest BCUT2D eigenvalue weighted by molar-refractivity contribution is -0.397. The van der Waals surface area contributed by atoms with Crippen LogP contribution in [0.5, 0.6) is 0 Å². The Balaban J connectivity index is 2.86. The van der Waals surface area contributed by atoms with E-state index in [2.05, 4.69) is 4.74 Å². The molecule has 0 aliphatic rings. The predicted molar refractivity (Wildman–Crippen MR) is 74.9 cm³/mol. The van der Waals surface area contributed by atoms with Gasteiger partial charge in [-0.15, -0.1) is 0 Å². The maximum absolute atomic E-state index is 13.3. The molecule has 1 rings (SSSR count). The van der Waals surface area contributed by atoms with Crippen molar-refractivity contribution in [3.05, 3.63) is 44.0 Å². The first-order valence-corrected chi connectivity index (χ1v) is 7.14. The number of alkyl halides is 9. The molecule has 0 atom stereocenters. The molecule has 0 N–H and O–H groups in total. The van der Waals surface area contributed by atoms with E-state index in [-0.39, 0.29) is 5.56 Å². The minimum Gasteiger partial charge on any atom is -0.377 e. The van der Waals surface area contributed by atoms with Crippen LogP contribution in [-0.2, 0) is 11.3 Å². The summed E-state index contributed by atoms with van der Waals surface area (Å²) in [4.78, 5) is 19.3. The third-order valence-electron chi connectivity index (χ3n) is 3.42. The Bertz CT molecular complexity index is 750. The molecule has 0 bridgehead atoms. The summed E-state index contributed by atoms with van der Waals surface area (Å²) in [6.07, 6.45) is -9.20. The van der Waals surface area contributed by atoms with E-state index in [1.54, 1.807) is 0 Å². The van der Waals surface area contributed by atoms with Gasteiger partial charge in [0.05, 0.1) is 29.1 Å². The van der Waals surface area contributed by atoms with Crippen molar-refractivity contribution in [2.24, 2.45) is 0 Å². The van der Waals surface area contributed by atoms with Crippen molar-refractivity contribution < 1.29 is 54.1 Å². The lowest BCUT2D eigenvalue weighted by Gasteiger charge is -2.33. The highest BCUT2D eigenvalue weighted by Crippen LogP contribution is 2.53. The summed E-state index contributed by atoms with van der Waals surface area (Å²) in [6, 6.07) is 1.99. The first-order chi connectivity index (χ1) is 12.9. The fourth-order valence-corrected chi connectivity index (χ4v) is 1.91. The van der Waals surface area contributed by atoms with Crippen LogP contribution in [-0.4, -0.2) is 40.4 Å². The zero-order valence-electron chi connectivity index (χ0n) is 13.7. The lowest BCUT2D eigenvalue weighted by atomic mass is 10.0. The Morgan fingerprint density at radius 1 is 0.793 bits per heavy atom. The van der Waals surface area contributed by atoms with Crippen molar-refractivity contribution in [1.29, 1.82) is 0 Å². The van der Waals surface area contributed by atoms with E-state index in [9.17, 15) is 59.7 Å². The van der Waals surface area contributed by atoms with Crippen LogP contribution in [0.4, 0.5) is 50.9 Å². The smallest absolute Gasteiger partial charge is 0.377 e. The average molecular weight is 444 g/mol. The van der Waals surface area contributed by atoms with E-state index in [1.165, 1.54) is 0 Å². The molecular weight excluding hydrogens is 435 g/mol. The third kappa shape index (κ3) is 5.04. The van der Waals surface area contributed by atoms with Gasteiger partial charge in [0.2, 0.25) is 0 Å². The summed E-state index contributed by atoms with van der Waals surface area (Å²) in [6.45, 7) is -2.35. The third-order valence-corrected chi connectivity index (χ3v) is 3.42. The van der Waals surface area contributed by atoms with Gasteiger partial charge in [-0.25, -0.2) is 0 Å². The minimum absolute atomic E-state index is 0.332. The topological polar surface area (TPSA) is 95.5 Å². The Labute approximate surface area is 154 Å². The molecule has 164 valence electrons. The number of non-ortho nitro benzene ring substituents is 2. The van der Waals surface area contributed by atoms with Gasteiger partial charge in [0.1, 0.15) is 0 Å². The summed E-state index contributed by atoms with van der Waals surface area (Å²) in [7, 11) is 0. The summed E-state index contributed by atoms with van der Waals surface area (Å²) in [5.41, 5.74) is -1.92. The molecule has 0 radical (unpaired) electrons. The first-order valence-electron chi connectivity index (χ1n) is 7.14. The SMILES string of the molecule is O=[N+]([O-])c1cc(COCCC(F)(F)C(F)(F)C(F)(F)C(F)(F)F)cc([N+](=O)[O-])c1. The fraction of sp³-hybridized carbons (Fsp3) is 0.538. The highest BCUT2D eigenvalue weighted by molar-refractivity contribution is 5.46. The van der Waals surface area contributed by atoms with Gasteiger partial charge >= 0.3 is 23.9 Å². The second-order valence-electron chi connectivity index (χ2n) is 5.53. The molecule has 0 unspecified atom stereocenters. The number of hydrogen-bond donors (Lipinski definition) is 0. The second kappa shape index (κ2) is 8.00. The van der Waals surface area contributed by atoms with Crippen LogP contribution in [0.2, 0.25) is 0 Å². The van der Waals surface area contributed by atoms with Crippen LogP contribution in [0.15, 0.2) is 18.2 Å². The van der Waals surface area contributed by atoms with Gasteiger partial charge in [-0.05, 0) is 5.56 Å². The normalized spacial score (nSPS) is 13.4. The molecule has 0 heterocycles. The molecule has 29 heavy (non-hydrogen) atoms. The van der Waals surface area contributed by atoms with E-state index < -0.39 is 64.8 Å². The van der Waals surface area contributed by atoms with Gasteiger partial charge in [0.25, 0.3) is 11.4 Å². The van der Waals surface area contributed by atoms with Gasteiger partial charge in [-0.1, -0.05) is 0 Å². The summed E-state index contributed by atoms with van der Waals surface area (Å²) in [5, 5.41) is 21.3. The zero-order chi connectivity index (χ0) is 22.8. The molecular formula is C13H9F9N2O5. The van der Waals surface area contributed by atoms with Crippen molar-refractivity contribution in [3.8, 4) is 0 Å². The molecule has 0 aliphatic heterocycles. The molecule has 7 nitrogen and oxygen atoms in total. The second-order valence-corrected chi connectivity index (χ2v) is 5.53. The largest absolute Gasteiger partial charge is 0.460 e. The van der Waals surface area contributed by atoms with Crippen molar-refractivity contribution in [2.75, 3.05) is 6.61 Å². The summed E-state index contributed by atoms with van der Waals surface area (Å²) in [5.74, 6) is -19.6. The van der Waals surface area contributed by atoms with Gasteiger partial charge in [-0.3, -0.25) is 20.2 Å². The molecule has 0 saturated heterocycles. The first kappa shape index (κ1) is 24.4. The van der Waals surface area contributed by atoms with Crippen LogP contribution in [0.3, 0.4) is 0 Å². The lowest BCUT2D eigenvalue weighted by Crippen LogP contribution is -2.61. The predicted octanol–water partition coefficient (Wildman–Crippen LogP) is 4.88. The van der Waals surface area contributed by atoms with E-state index >= 15 is 0 Å².